The maximum Gasteiger partial charge on any atom is 0.283 e. The average Bonchev–Trinajstić information content (AvgIpc) is 3.27. The number of thioether (sulfide) groups is 1. The lowest BCUT2D eigenvalue weighted by molar-refractivity contribution is -0.114. The number of ether oxygens (including phenoxy) is 3. The lowest BCUT2D eigenvalue weighted by Crippen LogP contribution is -2.35. The lowest BCUT2D eigenvalue weighted by Gasteiger charge is -2.20. The van der Waals surface area contributed by atoms with E-state index in [1.54, 1.807) is 18.2 Å². The number of carbonyl (C=O) groups is 1. The van der Waals surface area contributed by atoms with Gasteiger partial charge in [0.2, 0.25) is 5.17 Å². The molecular weight excluding hydrogens is 500 g/mol. The van der Waals surface area contributed by atoms with Crippen LogP contribution in [0.15, 0.2) is 46.0 Å². The summed E-state index contributed by atoms with van der Waals surface area (Å²) in [5.41, 5.74) is 3.05. The Hall–Kier alpha value is -3.30. The van der Waals surface area contributed by atoms with E-state index < -0.39 is 5.91 Å². The minimum atomic E-state index is -0.502. The minimum absolute atomic E-state index is 0.0351. The van der Waals surface area contributed by atoms with Crippen LogP contribution in [0.3, 0.4) is 0 Å². The highest BCUT2D eigenvalue weighted by molar-refractivity contribution is 8.27. The van der Waals surface area contributed by atoms with E-state index in [0.717, 1.165) is 16.4 Å². The van der Waals surface area contributed by atoms with Crippen molar-refractivity contribution in [2.45, 2.75) is 27.7 Å². The van der Waals surface area contributed by atoms with Crippen LogP contribution in [-0.2, 0) is 4.79 Å². The zero-order valence-corrected chi connectivity index (χ0v) is 22.3. The number of amidine groups is 2. The SMILES string of the molecule is COc1cc(/C=C2/C(=N)N3N=C(C(C)C)SC3=NC2=O)cc(Cl)c1OCCOc1ccc(C)c(C)c1. The monoisotopic (exact) mass is 526 g/mol. The number of methoxy groups -OCH3 is 1. The van der Waals surface area contributed by atoms with Crippen LogP contribution in [0, 0.1) is 25.2 Å². The fourth-order valence-electron chi connectivity index (χ4n) is 3.48. The molecule has 0 spiro atoms. The summed E-state index contributed by atoms with van der Waals surface area (Å²) >= 11 is 7.81. The number of hydrogen-bond acceptors (Lipinski definition) is 7. The third kappa shape index (κ3) is 5.42. The number of nitrogens with zero attached hydrogens (tertiary/aromatic N) is 3. The second-order valence-electron chi connectivity index (χ2n) is 8.59. The highest BCUT2D eigenvalue weighted by Gasteiger charge is 2.36. The lowest BCUT2D eigenvalue weighted by atomic mass is 10.1. The second-order valence-corrected chi connectivity index (χ2v) is 9.98. The number of fused-ring (bicyclic) bond motifs is 1. The Labute approximate surface area is 219 Å². The number of benzene rings is 2. The molecule has 2 aliphatic rings. The van der Waals surface area contributed by atoms with Crippen molar-refractivity contribution >= 4 is 51.4 Å². The van der Waals surface area contributed by atoms with Gasteiger partial charge in [-0.3, -0.25) is 10.2 Å². The Morgan fingerprint density at radius 2 is 1.89 bits per heavy atom. The van der Waals surface area contributed by atoms with Gasteiger partial charge in [0.05, 0.1) is 17.7 Å². The Balaban J connectivity index is 1.48. The minimum Gasteiger partial charge on any atom is -0.493 e. The van der Waals surface area contributed by atoms with Gasteiger partial charge >= 0.3 is 0 Å². The van der Waals surface area contributed by atoms with Gasteiger partial charge in [0, 0.05) is 5.92 Å². The fourth-order valence-corrected chi connectivity index (χ4v) is 4.64. The number of hydrogen-bond donors (Lipinski definition) is 1. The summed E-state index contributed by atoms with van der Waals surface area (Å²) in [5, 5.41) is 15.9. The van der Waals surface area contributed by atoms with Crippen molar-refractivity contribution < 1.29 is 19.0 Å². The number of nitrogens with one attached hydrogen (secondary N) is 1. The molecule has 2 heterocycles. The Morgan fingerprint density at radius 1 is 1.14 bits per heavy atom. The molecule has 1 amide bonds. The maximum absolute atomic E-state index is 12.7. The van der Waals surface area contributed by atoms with Crippen LogP contribution in [0.25, 0.3) is 6.08 Å². The topological polar surface area (TPSA) is 96.6 Å². The molecule has 36 heavy (non-hydrogen) atoms. The quantitative estimate of drug-likeness (QED) is 0.350. The van der Waals surface area contributed by atoms with E-state index in [9.17, 15) is 4.79 Å². The molecule has 8 nitrogen and oxygen atoms in total. The summed E-state index contributed by atoms with van der Waals surface area (Å²) < 4.78 is 17.1. The zero-order valence-electron chi connectivity index (χ0n) is 20.7. The van der Waals surface area contributed by atoms with Gasteiger partial charge in [-0.2, -0.15) is 15.1 Å². The highest BCUT2D eigenvalue weighted by Crippen LogP contribution is 2.38. The molecule has 0 fully saturated rings. The van der Waals surface area contributed by atoms with Gasteiger partial charge in [-0.25, -0.2) is 0 Å². The molecule has 0 saturated heterocycles. The van der Waals surface area contributed by atoms with Crippen molar-refractivity contribution in [3.05, 3.63) is 57.6 Å². The number of carbonyl (C=O) groups excluding carboxylic acids is 1. The van der Waals surface area contributed by atoms with Crippen molar-refractivity contribution in [1.29, 1.82) is 5.41 Å². The predicted molar refractivity (Wildman–Crippen MR) is 145 cm³/mol. The first-order valence-electron chi connectivity index (χ1n) is 11.4. The zero-order chi connectivity index (χ0) is 26.0. The van der Waals surface area contributed by atoms with Crippen molar-refractivity contribution in [2.75, 3.05) is 20.3 Å². The number of rotatable bonds is 8. The number of aliphatic imine (C=N–C) groups is 1. The first-order chi connectivity index (χ1) is 17.2. The summed E-state index contributed by atoms with van der Waals surface area (Å²) in [6.45, 7) is 8.67. The molecule has 10 heteroatoms. The van der Waals surface area contributed by atoms with Gasteiger partial charge < -0.3 is 14.2 Å². The molecule has 0 unspecified atom stereocenters. The van der Waals surface area contributed by atoms with Crippen molar-refractivity contribution in [3.63, 3.8) is 0 Å². The molecule has 4 rings (SSSR count). The van der Waals surface area contributed by atoms with Crippen LogP contribution in [0.5, 0.6) is 17.2 Å². The van der Waals surface area contributed by atoms with E-state index in [1.165, 1.54) is 29.4 Å². The molecule has 1 N–H and O–H groups in total. The molecule has 188 valence electrons. The van der Waals surface area contributed by atoms with Gasteiger partial charge in [0.25, 0.3) is 5.91 Å². The third-order valence-corrected chi connectivity index (χ3v) is 7.09. The maximum atomic E-state index is 12.7. The molecule has 2 aliphatic heterocycles. The standard InChI is InChI=1S/C26H27ClN4O4S/c1-14(2)25-30-31-23(28)19(24(32)29-26(31)36-25)11-17-12-20(27)22(21(13-17)33-5)35-9-8-34-18-7-6-15(3)16(4)10-18/h6-7,10-14,28H,8-9H2,1-5H3/b19-11-,28-23?. The van der Waals surface area contributed by atoms with Crippen LogP contribution in [0.2, 0.25) is 5.02 Å². The smallest absolute Gasteiger partial charge is 0.283 e. The molecule has 0 aromatic heterocycles. The largest absolute Gasteiger partial charge is 0.493 e. The molecular formula is C26H27ClN4O4S. The van der Waals surface area contributed by atoms with E-state index in [4.69, 9.17) is 31.2 Å². The second kappa shape index (κ2) is 10.8. The molecule has 0 radical (unpaired) electrons. The van der Waals surface area contributed by atoms with Gasteiger partial charge in [0.15, 0.2) is 17.3 Å². The van der Waals surface area contributed by atoms with E-state index in [-0.39, 0.29) is 23.9 Å². The molecule has 0 atom stereocenters. The van der Waals surface area contributed by atoms with Gasteiger partial charge in [-0.1, -0.05) is 31.5 Å². The summed E-state index contributed by atoms with van der Waals surface area (Å²) in [5.74, 6) is 1.17. The van der Waals surface area contributed by atoms with Gasteiger partial charge in [0.1, 0.15) is 24.0 Å². The van der Waals surface area contributed by atoms with E-state index in [0.29, 0.717) is 33.9 Å². The van der Waals surface area contributed by atoms with Crippen LogP contribution in [0.4, 0.5) is 0 Å². The van der Waals surface area contributed by atoms with E-state index in [1.807, 2.05) is 39.0 Å². The third-order valence-electron chi connectivity index (χ3n) is 5.60. The van der Waals surface area contributed by atoms with E-state index in [2.05, 4.69) is 17.0 Å². The van der Waals surface area contributed by atoms with Crippen LogP contribution in [0.1, 0.15) is 30.5 Å². The molecule has 0 bridgehead atoms. The van der Waals surface area contributed by atoms with Crippen LogP contribution >= 0.6 is 23.4 Å². The molecule has 0 saturated carbocycles. The van der Waals surface area contributed by atoms with E-state index >= 15 is 0 Å². The first-order valence-corrected chi connectivity index (χ1v) is 12.6. The summed E-state index contributed by atoms with van der Waals surface area (Å²) in [7, 11) is 1.51. The summed E-state index contributed by atoms with van der Waals surface area (Å²) in [4.78, 5) is 16.8. The number of halogens is 1. The normalized spacial score (nSPS) is 16.3. The van der Waals surface area contributed by atoms with Gasteiger partial charge in [-0.05, 0) is 72.6 Å². The summed E-state index contributed by atoms with van der Waals surface area (Å²) in [6.07, 6.45) is 1.56. The van der Waals surface area contributed by atoms with Crippen LogP contribution in [-0.4, -0.2) is 47.3 Å². The fraction of sp³-hybridized carbons (Fsp3) is 0.308. The van der Waals surface area contributed by atoms with Crippen molar-refractivity contribution in [2.24, 2.45) is 16.0 Å². The summed E-state index contributed by atoms with van der Waals surface area (Å²) in [6, 6.07) is 9.26. The Morgan fingerprint density at radius 3 is 2.58 bits per heavy atom. The van der Waals surface area contributed by atoms with Crippen molar-refractivity contribution in [3.8, 4) is 17.2 Å². The molecule has 0 aliphatic carbocycles. The highest BCUT2D eigenvalue weighted by atomic mass is 35.5. The van der Waals surface area contributed by atoms with Crippen molar-refractivity contribution in [1.82, 2.24) is 5.01 Å². The first kappa shape index (κ1) is 25.8. The molecule has 2 aromatic carbocycles. The number of hydrazone groups is 1. The number of aryl methyl sites for hydroxylation is 2. The number of amides is 1. The Kier molecular flexibility index (Phi) is 7.70. The average molecular weight is 527 g/mol. The predicted octanol–water partition coefficient (Wildman–Crippen LogP) is 5.70. The van der Waals surface area contributed by atoms with Gasteiger partial charge in [-0.15, -0.1) is 0 Å². The Bertz CT molecular complexity index is 1320. The van der Waals surface area contributed by atoms with Crippen LogP contribution < -0.4 is 14.2 Å². The molecule has 2 aromatic rings.